The second-order valence-corrected chi connectivity index (χ2v) is 9.09. The van der Waals surface area contributed by atoms with Gasteiger partial charge in [-0.25, -0.2) is 13.6 Å². The van der Waals surface area contributed by atoms with Crippen molar-refractivity contribution in [3.63, 3.8) is 0 Å². The third-order valence-corrected chi connectivity index (χ3v) is 6.38. The van der Waals surface area contributed by atoms with Gasteiger partial charge in [-0.1, -0.05) is 0 Å². The Bertz CT molecular complexity index is 744. The lowest BCUT2D eigenvalue weighted by Crippen LogP contribution is -2.57. The van der Waals surface area contributed by atoms with Gasteiger partial charge < -0.3 is 9.84 Å². The molecule has 0 aromatic heterocycles. The van der Waals surface area contributed by atoms with Gasteiger partial charge in [0.2, 0.25) is 0 Å². The Balaban J connectivity index is 1.81. The molecule has 146 valence electrons. The standard InChI is InChI=1S/C15H18F2O8S/c16-15(17,6-26(22,23)24)11(12(19)20)25-13(21)14-3-7-1-8(4-14)10(18)9(2-7)5-14/h7-9,11H,1-6H2,(H,19,20)(H,22,23,24). The van der Waals surface area contributed by atoms with Crippen molar-refractivity contribution in [2.24, 2.45) is 23.2 Å². The van der Waals surface area contributed by atoms with Crippen molar-refractivity contribution in [2.45, 2.75) is 44.1 Å². The summed E-state index contributed by atoms with van der Waals surface area (Å²) in [6.07, 6.45) is -1.18. The first-order valence-corrected chi connectivity index (χ1v) is 9.74. The van der Waals surface area contributed by atoms with E-state index in [2.05, 4.69) is 4.74 Å². The lowest BCUT2D eigenvalue weighted by Gasteiger charge is -2.54. The maximum absolute atomic E-state index is 14.0. The Labute approximate surface area is 147 Å². The van der Waals surface area contributed by atoms with Gasteiger partial charge >= 0.3 is 17.9 Å². The average Bonchev–Trinajstić information content (AvgIpc) is 2.46. The van der Waals surface area contributed by atoms with Crippen molar-refractivity contribution in [1.29, 1.82) is 0 Å². The number of carboxylic acid groups (broad SMARTS) is 1. The highest BCUT2D eigenvalue weighted by Crippen LogP contribution is 2.59. The normalized spacial score (nSPS) is 34.6. The number of esters is 1. The molecule has 8 nitrogen and oxygen atoms in total. The van der Waals surface area contributed by atoms with Crippen LogP contribution >= 0.6 is 0 Å². The number of Topliss-reactive ketones (excluding diaryl/α,β-unsaturated/α-hetero) is 1. The van der Waals surface area contributed by atoms with E-state index in [4.69, 9.17) is 9.66 Å². The fourth-order valence-corrected chi connectivity index (χ4v) is 5.50. The van der Waals surface area contributed by atoms with E-state index in [0.717, 1.165) is 0 Å². The van der Waals surface area contributed by atoms with Crippen LogP contribution in [-0.2, 0) is 29.2 Å². The summed E-state index contributed by atoms with van der Waals surface area (Å²) in [4.78, 5) is 35.9. The van der Waals surface area contributed by atoms with Crippen molar-refractivity contribution >= 4 is 27.8 Å². The van der Waals surface area contributed by atoms with Gasteiger partial charge in [0.05, 0.1) is 5.41 Å². The van der Waals surface area contributed by atoms with Crippen LogP contribution in [0.25, 0.3) is 0 Å². The molecule has 0 saturated heterocycles. The van der Waals surface area contributed by atoms with E-state index in [1.54, 1.807) is 0 Å². The zero-order chi connectivity index (χ0) is 19.5. The van der Waals surface area contributed by atoms with Crippen LogP contribution < -0.4 is 0 Å². The Morgan fingerprint density at radius 2 is 1.77 bits per heavy atom. The first-order chi connectivity index (χ1) is 11.8. The van der Waals surface area contributed by atoms with Crippen LogP contribution in [0.4, 0.5) is 8.78 Å². The third kappa shape index (κ3) is 3.34. The zero-order valence-electron chi connectivity index (χ0n) is 13.6. The van der Waals surface area contributed by atoms with E-state index in [1.807, 2.05) is 0 Å². The van der Waals surface area contributed by atoms with Gasteiger partial charge in [-0.05, 0) is 38.0 Å². The molecule has 3 atom stereocenters. The van der Waals surface area contributed by atoms with Crippen molar-refractivity contribution in [2.75, 3.05) is 5.75 Å². The number of aliphatic carboxylic acids is 1. The maximum Gasteiger partial charge on any atom is 0.351 e. The van der Waals surface area contributed by atoms with E-state index in [0.29, 0.717) is 19.3 Å². The molecule has 4 saturated carbocycles. The number of carboxylic acids is 1. The van der Waals surface area contributed by atoms with Crippen LogP contribution in [0.2, 0.25) is 0 Å². The van der Waals surface area contributed by atoms with Gasteiger partial charge in [0.25, 0.3) is 16.2 Å². The molecular weight excluding hydrogens is 378 g/mol. The summed E-state index contributed by atoms with van der Waals surface area (Å²) >= 11 is 0. The maximum atomic E-state index is 14.0. The minimum atomic E-state index is -5.20. The van der Waals surface area contributed by atoms with Crippen LogP contribution in [0.15, 0.2) is 0 Å². The topological polar surface area (TPSA) is 135 Å². The number of halogens is 2. The smallest absolute Gasteiger partial charge is 0.351 e. The molecule has 0 spiro atoms. The fourth-order valence-electron chi connectivity index (χ4n) is 4.87. The van der Waals surface area contributed by atoms with E-state index in [9.17, 15) is 31.6 Å². The Morgan fingerprint density at radius 3 is 2.23 bits per heavy atom. The summed E-state index contributed by atoms with van der Waals surface area (Å²) in [5.74, 6) is -10.6. The van der Waals surface area contributed by atoms with Crippen LogP contribution in [-0.4, -0.2) is 53.6 Å². The van der Waals surface area contributed by atoms with Crippen molar-refractivity contribution in [1.82, 2.24) is 0 Å². The summed E-state index contributed by atoms with van der Waals surface area (Å²) in [6.45, 7) is 0. The van der Waals surface area contributed by atoms with Crippen molar-refractivity contribution in [3.8, 4) is 0 Å². The van der Waals surface area contributed by atoms with E-state index in [1.165, 1.54) is 0 Å². The van der Waals surface area contributed by atoms with Gasteiger partial charge in [0, 0.05) is 11.8 Å². The summed E-state index contributed by atoms with van der Waals surface area (Å²) in [5.41, 5.74) is -1.19. The molecule has 4 rings (SSSR count). The lowest BCUT2D eigenvalue weighted by atomic mass is 9.49. The summed E-state index contributed by atoms with van der Waals surface area (Å²) in [7, 11) is -5.20. The van der Waals surface area contributed by atoms with Crippen molar-refractivity contribution in [3.05, 3.63) is 0 Å². The van der Waals surface area contributed by atoms with Gasteiger partial charge in [-0.3, -0.25) is 14.1 Å². The highest BCUT2D eigenvalue weighted by atomic mass is 32.2. The predicted molar refractivity (Wildman–Crippen MR) is 79.9 cm³/mol. The molecule has 4 aliphatic rings. The Morgan fingerprint density at radius 1 is 1.23 bits per heavy atom. The van der Waals surface area contributed by atoms with Gasteiger partial charge in [0.1, 0.15) is 11.5 Å². The number of ketones is 1. The first kappa shape index (κ1) is 19.2. The summed E-state index contributed by atoms with van der Waals surface area (Å²) < 4.78 is 62.6. The Hall–Kier alpha value is -1.62. The molecule has 0 aliphatic heterocycles. The van der Waals surface area contributed by atoms with Gasteiger partial charge in [-0.15, -0.1) is 0 Å². The number of rotatable bonds is 6. The van der Waals surface area contributed by atoms with Crippen LogP contribution in [0.5, 0.6) is 0 Å². The fraction of sp³-hybridized carbons (Fsp3) is 0.800. The Kier molecular flexibility index (Phi) is 4.38. The second kappa shape index (κ2) is 5.95. The number of ether oxygens (including phenoxy) is 1. The molecule has 0 heterocycles. The van der Waals surface area contributed by atoms with Gasteiger partial charge in [-0.2, -0.15) is 8.42 Å². The van der Waals surface area contributed by atoms with E-state index >= 15 is 0 Å². The molecule has 4 aliphatic carbocycles. The molecule has 0 amide bonds. The van der Waals surface area contributed by atoms with Gasteiger partial charge in [0.15, 0.2) is 0 Å². The highest BCUT2D eigenvalue weighted by molar-refractivity contribution is 7.85. The van der Waals surface area contributed by atoms with Crippen LogP contribution in [0.3, 0.4) is 0 Å². The number of carbonyl (C=O) groups excluding carboxylic acids is 2. The SMILES string of the molecule is O=C1C2CC3CC1CC(C(=O)OC(C(=O)O)C(F)(F)CS(=O)(=O)O)(C3)C2. The molecule has 11 heteroatoms. The number of hydrogen-bond donors (Lipinski definition) is 2. The lowest BCUT2D eigenvalue weighted by molar-refractivity contribution is -0.202. The van der Waals surface area contributed by atoms with Crippen molar-refractivity contribution < 1.29 is 46.0 Å². The molecule has 0 radical (unpaired) electrons. The molecule has 4 fully saturated rings. The summed E-state index contributed by atoms with van der Waals surface area (Å²) in [5, 5.41) is 8.99. The van der Waals surface area contributed by atoms with E-state index in [-0.39, 0.29) is 36.4 Å². The molecule has 0 aromatic carbocycles. The molecule has 3 unspecified atom stereocenters. The molecular formula is C15H18F2O8S. The minimum absolute atomic E-state index is 0.0517. The molecule has 2 N–H and O–H groups in total. The molecule has 0 aromatic rings. The largest absolute Gasteiger partial charge is 0.478 e. The molecule has 26 heavy (non-hydrogen) atoms. The highest BCUT2D eigenvalue weighted by Gasteiger charge is 2.61. The average molecular weight is 396 g/mol. The quantitative estimate of drug-likeness (QED) is 0.499. The zero-order valence-corrected chi connectivity index (χ0v) is 14.4. The third-order valence-electron chi connectivity index (χ3n) is 5.63. The minimum Gasteiger partial charge on any atom is -0.478 e. The van der Waals surface area contributed by atoms with E-state index < -0.39 is 45.3 Å². The van der Waals surface area contributed by atoms with Crippen LogP contribution in [0, 0.1) is 23.2 Å². The molecule has 4 bridgehead atoms. The first-order valence-electron chi connectivity index (χ1n) is 8.14. The number of hydrogen-bond acceptors (Lipinski definition) is 6. The number of alkyl halides is 2. The monoisotopic (exact) mass is 396 g/mol. The summed E-state index contributed by atoms with van der Waals surface area (Å²) in [6, 6.07) is 0. The number of carbonyl (C=O) groups is 3. The predicted octanol–water partition coefficient (Wildman–Crippen LogP) is 0.901. The second-order valence-electron chi connectivity index (χ2n) is 7.64. The van der Waals surface area contributed by atoms with Crippen LogP contribution in [0.1, 0.15) is 32.1 Å².